The maximum Gasteiger partial charge on any atom is 0.220 e. The van der Waals surface area contributed by atoms with E-state index in [0.29, 0.717) is 6.42 Å². The van der Waals surface area contributed by atoms with Crippen molar-refractivity contribution in [1.29, 1.82) is 0 Å². The highest BCUT2D eigenvalue weighted by Gasteiger charge is 2.16. The highest BCUT2D eigenvalue weighted by atomic mass is 16.3. The van der Waals surface area contributed by atoms with Gasteiger partial charge in [0.05, 0.1) is 6.10 Å². The fourth-order valence-electron chi connectivity index (χ4n) is 3.74. The smallest absolute Gasteiger partial charge is 0.220 e. The average molecular weight is 328 g/mol. The predicted molar refractivity (Wildman–Crippen MR) is 96.7 cm³/mol. The van der Waals surface area contributed by atoms with Gasteiger partial charge < -0.3 is 15.0 Å². The molecule has 0 aliphatic heterocycles. The van der Waals surface area contributed by atoms with Crippen molar-refractivity contribution in [1.82, 2.24) is 9.88 Å². The number of carbonyl (C=O) groups excluding carboxylic acids is 1. The lowest BCUT2D eigenvalue weighted by Gasteiger charge is -2.21. The van der Waals surface area contributed by atoms with Gasteiger partial charge in [-0.3, -0.25) is 4.79 Å². The van der Waals surface area contributed by atoms with Gasteiger partial charge in [0.1, 0.15) is 0 Å². The number of nitrogens with one attached hydrogen (secondary N) is 1. The minimum absolute atomic E-state index is 0.0559. The van der Waals surface area contributed by atoms with Crippen LogP contribution in [-0.2, 0) is 11.8 Å². The number of carbonyl (C=O) groups is 1. The van der Waals surface area contributed by atoms with E-state index in [4.69, 9.17) is 0 Å². The van der Waals surface area contributed by atoms with Gasteiger partial charge in [0.15, 0.2) is 0 Å². The van der Waals surface area contributed by atoms with Crippen LogP contribution in [0.25, 0.3) is 10.9 Å². The summed E-state index contributed by atoms with van der Waals surface area (Å²) in [6, 6.07) is 7.97. The Bertz CT molecular complexity index is 686. The van der Waals surface area contributed by atoms with Gasteiger partial charge in [-0.1, -0.05) is 38.2 Å². The van der Waals surface area contributed by atoms with Crippen LogP contribution in [0.3, 0.4) is 0 Å². The molecule has 4 nitrogen and oxygen atoms in total. The van der Waals surface area contributed by atoms with Crippen LogP contribution in [0.2, 0.25) is 0 Å². The van der Waals surface area contributed by atoms with Crippen LogP contribution in [0.1, 0.15) is 56.6 Å². The van der Waals surface area contributed by atoms with Crippen LogP contribution in [0.5, 0.6) is 0 Å². The van der Waals surface area contributed by atoms with Gasteiger partial charge in [0.25, 0.3) is 0 Å². The van der Waals surface area contributed by atoms with Crippen LogP contribution in [0, 0.1) is 5.92 Å². The molecule has 1 fully saturated rings. The Morgan fingerprint density at radius 1 is 1.29 bits per heavy atom. The molecule has 1 amide bonds. The molecule has 1 saturated carbocycles. The molecule has 130 valence electrons. The van der Waals surface area contributed by atoms with Crippen molar-refractivity contribution in [3.8, 4) is 0 Å². The van der Waals surface area contributed by atoms with Gasteiger partial charge in [0.2, 0.25) is 5.91 Å². The second-order valence-corrected chi connectivity index (χ2v) is 7.11. The molecule has 1 aliphatic carbocycles. The van der Waals surface area contributed by atoms with E-state index in [1.807, 2.05) is 37.5 Å². The van der Waals surface area contributed by atoms with E-state index >= 15 is 0 Å². The Morgan fingerprint density at radius 2 is 2.08 bits per heavy atom. The number of aromatic nitrogens is 1. The van der Waals surface area contributed by atoms with Crippen molar-refractivity contribution in [3.63, 3.8) is 0 Å². The number of rotatable bonds is 6. The monoisotopic (exact) mass is 328 g/mol. The van der Waals surface area contributed by atoms with Gasteiger partial charge in [-0.25, -0.2) is 0 Å². The lowest BCUT2D eigenvalue weighted by Crippen LogP contribution is -2.28. The Labute approximate surface area is 143 Å². The first-order chi connectivity index (χ1) is 11.6. The van der Waals surface area contributed by atoms with Crippen molar-refractivity contribution in [2.75, 3.05) is 6.54 Å². The molecule has 1 atom stereocenters. The first-order valence-electron chi connectivity index (χ1n) is 9.13. The molecule has 1 aromatic heterocycles. The summed E-state index contributed by atoms with van der Waals surface area (Å²) in [5.41, 5.74) is 1.99. The normalized spacial score (nSPS) is 17.1. The maximum atomic E-state index is 12.0. The van der Waals surface area contributed by atoms with E-state index < -0.39 is 6.10 Å². The highest BCUT2D eigenvalue weighted by Crippen LogP contribution is 2.27. The first-order valence-corrected chi connectivity index (χ1v) is 9.13. The number of fused-ring (bicyclic) bond motifs is 1. The number of aryl methyl sites for hydroxylation is 1. The van der Waals surface area contributed by atoms with Crippen molar-refractivity contribution in [2.45, 2.75) is 51.0 Å². The minimum atomic E-state index is -0.659. The number of hydrogen-bond donors (Lipinski definition) is 2. The molecule has 1 aromatic carbocycles. The Balaban J connectivity index is 1.46. The molecule has 1 aliphatic rings. The predicted octanol–water partition coefficient (Wildman–Crippen LogP) is 3.69. The van der Waals surface area contributed by atoms with Crippen LogP contribution in [0.15, 0.2) is 30.5 Å². The van der Waals surface area contributed by atoms with E-state index in [1.54, 1.807) is 0 Å². The summed E-state index contributed by atoms with van der Waals surface area (Å²) >= 11 is 0. The third kappa shape index (κ3) is 4.18. The molecular formula is C20H28N2O2. The fraction of sp³-hybridized carbons (Fsp3) is 0.550. The molecule has 24 heavy (non-hydrogen) atoms. The third-order valence-electron chi connectivity index (χ3n) is 5.29. The largest absolute Gasteiger partial charge is 0.387 e. The molecule has 0 saturated heterocycles. The van der Waals surface area contributed by atoms with Gasteiger partial charge in [-0.2, -0.15) is 0 Å². The first kappa shape index (κ1) is 17.0. The number of aliphatic hydroxyl groups excluding tert-OH is 1. The molecule has 0 spiro atoms. The van der Waals surface area contributed by atoms with Crippen molar-refractivity contribution in [2.24, 2.45) is 13.0 Å². The Hall–Kier alpha value is -1.81. The van der Waals surface area contributed by atoms with Gasteiger partial charge in [0, 0.05) is 31.7 Å². The zero-order valence-electron chi connectivity index (χ0n) is 14.5. The van der Waals surface area contributed by atoms with E-state index in [9.17, 15) is 9.90 Å². The SMILES string of the molecule is Cn1ccc2cc(C(O)CNC(=O)CCC3CCCCC3)ccc21. The molecule has 1 heterocycles. The lowest BCUT2D eigenvalue weighted by atomic mass is 9.86. The molecule has 2 N–H and O–H groups in total. The zero-order chi connectivity index (χ0) is 16.9. The quantitative estimate of drug-likeness (QED) is 0.850. The average Bonchev–Trinajstić information content (AvgIpc) is 2.99. The maximum absolute atomic E-state index is 12.0. The molecular weight excluding hydrogens is 300 g/mol. The number of nitrogens with zero attached hydrogens (tertiary/aromatic N) is 1. The molecule has 2 aromatic rings. The summed E-state index contributed by atoms with van der Waals surface area (Å²) in [5, 5.41) is 14.3. The summed E-state index contributed by atoms with van der Waals surface area (Å²) in [6.07, 6.45) is 9.43. The lowest BCUT2D eigenvalue weighted by molar-refractivity contribution is -0.121. The van der Waals surface area contributed by atoms with Gasteiger partial charge >= 0.3 is 0 Å². The number of hydrogen-bond acceptors (Lipinski definition) is 2. The third-order valence-corrected chi connectivity index (χ3v) is 5.29. The van der Waals surface area contributed by atoms with E-state index in [1.165, 1.54) is 32.1 Å². The second-order valence-electron chi connectivity index (χ2n) is 7.11. The fourth-order valence-corrected chi connectivity index (χ4v) is 3.74. The number of benzene rings is 1. The summed E-state index contributed by atoms with van der Waals surface area (Å²) in [4.78, 5) is 12.0. The topological polar surface area (TPSA) is 54.3 Å². The molecule has 0 bridgehead atoms. The van der Waals surface area contributed by atoms with Crippen LogP contribution in [0.4, 0.5) is 0 Å². The van der Waals surface area contributed by atoms with Crippen molar-refractivity contribution in [3.05, 3.63) is 36.0 Å². The highest BCUT2D eigenvalue weighted by molar-refractivity contribution is 5.81. The molecule has 4 heteroatoms. The second kappa shape index (κ2) is 7.84. The van der Waals surface area contributed by atoms with E-state index in [0.717, 1.165) is 28.8 Å². The van der Waals surface area contributed by atoms with E-state index in [-0.39, 0.29) is 12.5 Å². The van der Waals surface area contributed by atoms with E-state index in [2.05, 4.69) is 9.88 Å². The molecule has 3 rings (SSSR count). The zero-order valence-corrected chi connectivity index (χ0v) is 14.5. The number of amides is 1. The standard InChI is InChI=1S/C20H28N2O2/c1-22-12-11-16-13-17(8-9-18(16)22)19(23)14-21-20(24)10-7-15-5-3-2-4-6-15/h8-9,11-13,15,19,23H,2-7,10,14H2,1H3,(H,21,24). The summed E-state index contributed by atoms with van der Waals surface area (Å²) in [5.74, 6) is 0.773. The minimum Gasteiger partial charge on any atom is -0.387 e. The van der Waals surface area contributed by atoms with Crippen LogP contribution in [-0.4, -0.2) is 22.1 Å². The summed E-state index contributed by atoms with van der Waals surface area (Å²) in [7, 11) is 2.00. The molecule has 0 radical (unpaired) electrons. The van der Waals surface area contributed by atoms with Crippen molar-refractivity contribution >= 4 is 16.8 Å². The Kier molecular flexibility index (Phi) is 5.56. The van der Waals surface area contributed by atoms with Crippen LogP contribution >= 0.6 is 0 Å². The van der Waals surface area contributed by atoms with Crippen molar-refractivity contribution < 1.29 is 9.90 Å². The number of aliphatic hydroxyl groups is 1. The van der Waals surface area contributed by atoms with Crippen LogP contribution < -0.4 is 5.32 Å². The van der Waals surface area contributed by atoms with Gasteiger partial charge in [-0.15, -0.1) is 0 Å². The summed E-state index contributed by atoms with van der Waals surface area (Å²) < 4.78 is 2.05. The van der Waals surface area contributed by atoms with Gasteiger partial charge in [-0.05, 0) is 41.5 Å². The molecule has 1 unspecified atom stereocenters. The Morgan fingerprint density at radius 3 is 2.88 bits per heavy atom. The summed E-state index contributed by atoms with van der Waals surface area (Å²) in [6.45, 7) is 0.280.